The van der Waals surface area contributed by atoms with Gasteiger partial charge in [0.25, 0.3) is 0 Å². The molecule has 608 valence electrons. The molecule has 0 aliphatic heterocycles. The van der Waals surface area contributed by atoms with Crippen LogP contribution >= 0.6 is 0 Å². The Bertz CT molecular complexity index is 5910. The minimum atomic E-state index is -4.27. The van der Waals surface area contributed by atoms with Crippen LogP contribution in [0.4, 0.5) is 61.5 Å². The Kier molecular flexibility index (Phi) is 31.4. The van der Waals surface area contributed by atoms with E-state index in [1.165, 1.54) is 134 Å². The molecule has 0 fully saturated rings. The quantitative estimate of drug-likeness (QED) is 0.0614. The normalized spacial score (nSPS) is 11.4. The molecule has 0 radical (unpaired) electrons. The van der Waals surface area contributed by atoms with Crippen LogP contribution in [0.3, 0.4) is 0 Å². The summed E-state index contributed by atoms with van der Waals surface area (Å²) in [5, 5.41) is 11.7. The lowest BCUT2D eigenvalue weighted by Gasteiger charge is -2.11. The van der Waals surface area contributed by atoms with Gasteiger partial charge in [0.2, 0.25) is 5.82 Å². The van der Waals surface area contributed by atoms with E-state index in [2.05, 4.69) is 183 Å². The molecule has 17 aromatic rings. The van der Waals surface area contributed by atoms with Crippen LogP contribution in [0.25, 0.3) is 75.8 Å². The van der Waals surface area contributed by atoms with E-state index in [9.17, 15) is 61.5 Å². The number of aryl methyl sites for hydroxylation is 10. The highest BCUT2D eigenvalue weighted by Gasteiger charge is 2.32. The summed E-state index contributed by atoms with van der Waals surface area (Å²) in [6, 6.07) is 94.0. The monoisotopic (exact) mass is 1620 g/mol. The van der Waals surface area contributed by atoms with Gasteiger partial charge in [-0.3, -0.25) is 0 Å². The van der Waals surface area contributed by atoms with E-state index < -0.39 is 58.0 Å². The molecule has 0 saturated heterocycles. The highest BCUT2D eigenvalue weighted by atomic mass is 19.4. The van der Waals surface area contributed by atoms with Gasteiger partial charge >= 0.3 is 6.18 Å². The van der Waals surface area contributed by atoms with E-state index in [4.69, 9.17) is 0 Å². The molecule has 0 saturated carbocycles. The van der Waals surface area contributed by atoms with Crippen molar-refractivity contribution >= 4 is 64.6 Å². The molecule has 14 heteroatoms. The van der Waals surface area contributed by atoms with Gasteiger partial charge in [0.05, 0.1) is 5.56 Å². The van der Waals surface area contributed by atoms with E-state index in [0.29, 0.717) is 22.1 Å². The summed E-state index contributed by atoms with van der Waals surface area (Å²) in [7, 11) is 0. The van der Waals surface area contributed by atoms with Crippen LogP contribution in [0.5, 0.6) is 0 Å². The summed E-state index contributed by atoms with van der Waals surface area (Å²) < 4.78 is 177. The molecular formula is C105H90F14. The third kappa shape index (κ3) is 25.2. The molecule has 0 bridgehead atoms. The average molecular weight is 1620 g/mol. The minimum absolute atomic E-state index is 0.0821. The molecule has 18 rings (SSSR count). The molecule has 17 aromatic carbocycles. The van der Waals surface area contributed by atoms with E-state index >= 15 is 0 Å². The van der Waals surface area contributed by atoms with E-state index in [0.717, 1.165) is 50.4 Å². The van der Waals surface area contributed by atoms with Gasteiger partial charge in [-0.1, -0.05) is 288 Å². The summed E-state index contributed by atoms with van der Waals surface area (Å²) in [5.41, 5.74) is 15.3. The minimum Gasteiger partial charge on any atom is -0.207 e. The predicted octanol–water partition coefficient (Wildman–Crippen LogP) is 32.2. The van der Waals surface area contributed by atoms with Gasteiger partial charge in [0.15, 0.2) is 23.3 Å². The molecule has 0 N–H and O–H groups in total. The molecule has 0 spiro atoms. The fourth-order valence-corrected chi connectivity index (χ4v) is 13.1. The molecule has 0 amide bonds. The van der Waals surface area contributed by atoms with Crippen molar-refractivity contribution < 1.29 is 61.5 Å². The predicted molar refractivity (Wildman–Crippen MR) is 464 cm³/mol. The number of alkyl halides is 3. The van der Waals surface area contributed by atoms with E-state index in [-0.39, 0.29) is 34.4 Å². The third-order valence-corrected chi connectivity index (χ3v) is 19.6. The largest absolute Gasteiger partial charge is 0.416 e. The summed E-state index contributed by atoms with van der Waals surface area (Å²) in [4.78, 5) is 0. The van der Waals surface area contributed by atoms with Gasteiger partial charge in [0, 0.05) is 22.4 Å². The van der Waals surface area contributed by atoms with Crippen LogP contribution in [0.15, 0.2) is 303 Å². The molecule has 1 aliphatic rings. The van der Waals surface area contributed by atoms with Crippen molar-refractivity contribution in [1.29, 1.82) is 0 Å². The number of fused-ring (bicyclic) bond motifs is 9. The zero-order valence-electron chi connectivity index (χ0n) is 68.2. The first-order valence-electron chi connectivity index (χ1n) is 38.3. The molecule has 1 unspecified atom stereocenters. The lowest BCUT2D eigenvalue weighted by atomic mass is 9.99. The van der Waals surface area contributed by atoms with Crippen LogP contribution in [-0.2, 0) is 6.18 Å². The fourth-order valence-electron chi connectivity index (χ4n) is 13.1. The van der Waals surface area contributed by atoms with Crippen molar-refractivity contribution in [1.82, 2.24) is 0 Å². The van der Waals surface area contributed by atoms with E-state index in [1.807, 2.05) is 68.4 Å². The van der Waals surface area contributed by atoms with Crippen molar-refractivity contribution in [3.05, 3.63) is 451 Å². The van der Waals surface area contributed by atoms with Crippen LogP contribution in [0, 0.1) is 147 Å². The Morgan fingerprint density at radius 2 is 0.555 bits per heavy atom. The molecule has 0 heterocycles. The Hall–Kier alpha value is -12.7. The second-order valence-corrected chi connectivity index (χ2v) is 29.4. The average Bonchev–Trinajstić information content (AvgIpc) is 1.57. The number of benzene rings is 17. The van der Waals surface area contributed by atoms with Gasteiger partial charge in [-0.25, -0.2) is 48.3 Å². The highest BCUT2D eigenvalue weighted by molar-refractivity contribution is 5.98. The number of hydrogen-bond acceptors (Lipinski definition) is 0. The number of hydrogen-bond donors (Lipinski definition) is 0. The highest BCUT2D eigenvalue weighted by Crippen LogP contribution is 2.44. The van der Waals surface area contributed by atoms with Crippen molar-refractivity contribution in [2.24, 2.45) is 0 Å². The van der Waals surface area contributed by atoms with Gasteiger partial charge < -0.3 is 0 Å². The van der Waals surface area contributed by atoms with Crippen molar-refractivity contribution in [3.8, 4) is 11.1 Å². The zero-order chi connectivity index (χ0) is 86.5. The van der Waals surface area contributed by atoms with Gasteiger partial charge in [-0.2, -0.15) is 13.2 Å². The molecule has 1 aliphatic carbocycles. The second-order valence-electron chi connectivity index (χ2n) is 29.4. The van der Waals surface area contributed by atoms with Gasteiger partial charge in [-0.05, 0) is 243 Å². The maximum Gasteiger partial charge on any atom is 0.416 e. The lowest BCUT2D eigenvalue weighted by molar-refractivity contribution is -0.137. The summed E-state index contributed by atoms with van der Waals surface area (Å²) in [6.45, 7) is 24.6. The van der Waals surface area contributed by atoms with Gasteiger partial charge in [0.1, 0.15) is 34.9 Å². The number of halogens is 14. The first kappa shape index (κ1) is 90.2. The van der Waals surface area contributed by atoms with Crippen LogP contribution in [0.2, 0.25) is 0 Å². The molecular weight excluding hydrogens is 1530 g/mol. The van der Waals surface area contributed by atoms with Crippen molar-refractivity contribution in [2.75, 3.05) is 0 Å². The lowest BCUT2D eigenvalue weighted by Crippen LogP contribution is -2.07. The summed E-state index contributed by atoms with van der Waals surface area (Å²) in [5.74, 6) is -10.8. The van der Waals surface area contributed by atoms with Crippen LogP contribution in [0.1, 0.15) is 96.3 Å². The Labute approximate surface area is 686 Å². The SMILES string of the molecule is CC1c2ccccc2-c2ccc(F)cc21.Cc1c(F)c(F)c(F)c(F)c1F.Cc1c(F)cc2ccccc2c1F.Cc1cc2ccccc2cc1C(F)(F)F.Cc1ccc(C)cc1.Cc1ccc(F)cc1.Cc1ccc2cc(C)ccc2c1.Cc1ccc2cc(F)ccc2c1.Cc1ccc2cc3cc(F)ccc3cc2c1.Cc1cccc(C)c1. The maximum atomic E-state index is 13.4. The molecule has 119 heavy (non-hydrogen) atoms. The Balaban J connectivity index is 0.000000152. The summed E-state index contributed by atoms with van der Waals surface area (Å²) in [6.07, 6.45) is -4.27. The topological polar surface area (TPSA) is 0 Å². The smallest absolute Gasteiger partial charge is 0.207 e. The standard InChI is InChI=1S/C15H11F.C14H11F.C12H9F3.C12H12.C11H8F2.C11H9F.2C8H10.C7H3F5.C7H7F/c1-10-2-3-11-8-14-9-15(16)5-4-12(14)7-13(11)6-10;1-9-11-4-2-3-5-12(11)13-7-6-10(15)8-14(9)13;1-8-6-9-4-2-3-5-10(9)7-11(8)12(13,14)15;1-9-3-5-12-8-10(2)4-6-11(12)7-9;1-7-10(12)6-8-4-2-3-5-9(8)11(7)13;1-8-2-3-10-7-11(12)5-4-9(10)6-8;1-7-3-5-8(2)6-4-7;1-7-4-3-5-8(2)6-7;1-2-3(8)5(10)7(12)6(11)4(2)9;1-6-2-4-7(8)5-3-6/h2-9H,1H3;2-9H,1H3;2-7H,1H3;3-8H,1-2H3;2-6H,1H3;2-7H,1H3;2*3-6H,1-2H3;1H3;2-5H,1H3. The fraction of sp³-hybridized carbons (Fsp3) is 0.143. The maximum absolute atomic E-state index is 13.4. The zero-order valence-corrected chi connectivity index (χ0v) is 68.2. The number of rotatable bonds is 0. The molecule has 0 aromatic heterocycles. The first-order chi connectivity index (χ1) is 56.5. The summed E-state index contributed by atoms with van der Waals surface area (Å²) >= 11 is 0. The Morgan fingerprint density at radius 3 is 1.03 bits per heavy atom. The van der Waals surface area contributed by atoms with E-state index in [1.54, 1.807) is 78.9 Å². The Morgan fingerprint density at radius 1 is 0.218 bits per heavy atom. The molecule has 1 atom stereocenters. The van der Waals surface area contributed by atoms with Crippen LogP contribution < -0.4 is 0 Å². The molecule has 0 nitrogen and oxygen atoms in total. The van der Waals surface area contributed by atoms with Crippen LogP contribution in [-0.4, -0.2) is 0 Å². The van der Waals surface area contributed by atoms with Crippen molar-refractivity contribution in [3.63, 3.8) is 0 Å². The first-order valence-corrected chi connectivity index (χ1v) is 38.3. The third-order valence-electron chi connectivity index (χ3n) is 19.6. The second kappa shape index (κ2) is 41.4. The van der Waals surface area contributed by atoms with Gasteiger partial charge in [-0.15, -0.1) is 0 Å². The van der Waals surface area contributed by atoms with Crippen molar-refractivity contribution in [2.45, 2.75) is 102 Å².